The van der Waals surface area contributed by atoms with Crippen LogP contribution in [0.1, 0.15) is 18.2 Å². The number of carbonyl (C=O) groups is 2. The van der Waals surface area contributed by atoms with Crippen molar-refractivity contribution >= 4 is 23.7 Å². The van der Waals surface area contributed by atoms with Crippen molar-refractivity contribution in [3.8, 4) is 0 Å². The van der Waals surface area contributed by atoms with Gasteiger partial charge in [-0.25, -0.2) is 5.43 Å². The number of nitrogens with zero attached hydrogens (tertiary/aromatic N) is 1. The Morgan fingerprint density at radius 1 is 1.19 bits per heavy atom. The van der Waals surface area contributed by atoms with Crippen LogP contribution in [0.25, 0.3) is 0 Å². The molecule has 0 atom stereocenters. The standard InChI is InChI=1S/C15H15N3O3/c1-2-11-6-3-4-8-13(11)17-14(19)15(20)18-16-10-12-7-5-9-21-12/h3-10H,2H2,1H3,(H,17,19)(H,18,20)/b16-10+. The van der Waals surface area contributed by atoms with Crippen LogP contribution in [0.5, 0.6) is 0 Å². The van der Waals surface area contributed by atoms with E-state index in [-0.39, 0.29) is 0 Å². The molecule has 2 aromatic rings. The van der Waals surface area contributed by atoms with Crippen molar-refractivity contribution in [1.29, 1.82) is 0 Å². The maximum absolute atomic E-state index is 11.8. The summed E-state index contributed by atoms with van der Waals surface area (Å²) in [6, 6.07) is 10.7. The Hall–Kier alpha value is -2.89. The zero-order chi connectivity index (χ0) is 15.1. The van der Waals surface area contributed by atoms with Crippen molar-refractivity contribution in [3.05, 3.63) is 54.0 Å². The Labute approximate surface area is 121 Å². The highest BCUT2D eigenvalue weighted by Gasteiger charge is 2.14. The van der Waals surface area contributed by atoms with E-state index in [4.69, 9.17) is 4.42 Å². The summed E-state index contributed by atoms with van der Waals surface area (Å²) in [6.45, 7) is 1.97. The van der Waals surface area contributed by atoms with Crippen LogP contribution in [0.15, 0.2) is 52.2 Å². The lowest BCUT2D eigenvalue weighted by atomic mass is 10.1. The fourth-order valence-corrected chi connectivity index (χ4v) is 1.70. The van der Waals surface area contributed by atoms with Crippen molar-refractivity contribution in [2.24, 2.45) is 5.10 Å². The predicted octanol–water partition coefficient (Wildman–Crippen LogP) is 1.93. The molecule has 0 unspecified atom stereocenters. The third-order valence-corrected chi connectivity index (χ3v) is 2.75. The van der Waals surface area contributed by atoms with Crippen LogP contribution >= 0.6 is 0 Å². The molecule has 0 aliphatic rings. The summed E-state index contributed by atoms with van der Waals surface area (Å²) in [5.41, 5.74) is 3.71. The average Bonchev–Trinajstić information content (AvgIpc) is 3.01. The SMILES string of the molecule is CCc1ccccc1NC(=O)C(=O)N/N=C/c1ccco1. The Balaban J connectivity index is 1.92. The lowest BCUT2D eigenvalue weighted by Crippen LogP contribution is -2.32. The van der Waals surface area contributed by atoms with Gasteiger partial charge in [-0.05, 0) is 30.2 Å². The number of rotatable bonds is 4. The van der Waals surface area contributed by atoms with Crippen LogP contribution in [-0.2, 0) is 16.0 Å². The Kier molecular flexibility index (Phi) is 4.87. The summed E-state index contributed by atoms with van der Waals surface area (Å²) in [5.74, 6) is -1.14. The second kappa shape index (κ2) is 7.04. The molecular weight excluding hydrogens is 270 g/mol. The highest BCUT2D eigenvalue weighted by molar-refractivity contribution is 6.39. The third-order valence-electron chi connectivity index (χ3n) is 2.75. The van der Waals surface area contributed by atoms with Crippen LogP contribution < -0.4 is 10.7 Å². The van der Waals surface area contributed by atoms with E-state index in [0.29, 0.717) is 11.4 Å². The summed E-state index contributed by atoms with van der Waals surface area (Å²) in [5, 5.41) is 6.20. The van der Waals surface area contributed by atoms with Crippen LogP contribution in [0.2, 0.25) is 0 Å². The molecular formula is C15H15N3O3. The van der Waals surface area contributed by atoms with E-state index in [0.717, 1.165) is 12.0 Å². The van der Waals surface area contributed by atoms with Gasteiger partial charge in [0.15, 0.2) is 0 Å². The van der Waals surface area contributed by atoms with Gasteiger partial charge in [-0.1, -0.05) is 25.1 Å². The van der Waals surface area contributed by atoms with E-state index < -0.39 is 11.8 Å². The van der Waals surface area contributed by atoms with Gasteiger partial charge in [0.25, 0.3) is 0 Å². The largest absolute Gasteiger partial charge is 0.463 e. The van der Waals surface area contributed by atoms with Crippen molar-refractivity contribution in [2.45, 2.75) is 13.3 Å². The van der Waals surface area contributed by atoms with Crippen LogP contribution in [0.4, 0.5) is 5.69 Å². The van der Waals surface area contributed by atoms with E-state index in [1.54, 1.807) is 24.3 Å². The van der Waals surface area contributed by atoms with Gasteiger partial charge in [-0.2, -0.15) is 5.10 Å². The van der Waals surface area contributed by atoms with Crippen LogP contribution in [-0.4, -0.2) is 18.0 Å². The predicted molar refractivity (Wildman–Crippen MR) is 78.9 cm³/mol. The van der Waals surface area contributed by atoms with Crippen molar-refractivity contribution in [2.75, 3.05) is 5.32 Å². The molecule has 6 nitrogen and oxygen atoms in total. The summed E-state index contributed by atoms with van der Waals surface area (Å²) < 4.78 is 5.00. The van der Waals surface area contributed by atoms with Gasteiger partial charge in [0.2, 0.25) is 0 Å². The van der Waals surface area contributed by atoms with Crippen molar-refractivity contribution < 1.29 is 14.0 Å². The van der Waals surface area contributed by atoms with E-state index in [1.807, 2.05) is 19.1 Å². The molecule has 0 bridgehead atoms. The number of hydrogen-bond acceptors (Lipinski definition) is 4. The summed E-state index contributed by atoms with van der Waals surface area (Å²) in [6.07, 6.45) is 3.55. The van der Waals surface area contributed by atoms with Crippen LogP contribution in [0.3, 0.4) is 0 Å². The number of hydrogen-bond donors (Lipinski definition) is 2. The summed E-state index contributed by atoms with van der Waals surface area (Å²) in [4.78, 5) is 23.4. The average molecular weight is 285 g/mol. The van der Waals surface area contributed by atoms with E-state index in [9.17, 15) is 9.59 Å². The molecule has 2 rings (SSSR count). The van der Waals surface area contributed by atoms with Gasteiger partial charge < -0.3 is 9.73 Å². The first kappa shape index (κ1) is 14.5. The van der Waals surface area contributed by atoms with Gasteiger partial charge in [-0.15, -0.1) is 0 Å². The molecule has 1 aromatic carbocycles. The summed E-state index contributed by atoms with van der Waals surface area (Å²) >= 11 is 0. The molecule has 6 heteroatoms. The fraction of sp³-hybridized carbons (Fsp3) is 0.133. The number of carbonyl (C=O) groups excluding carboxylic acids is 2. The van der Waals surface area contributed by atoms with Gasteiger partial charge >= 0.3 is 11.8 Å². The first-order valence-electron chi connectivity index (χ1n) is 6.46. The number of nitrogens with one attached hydrogen (secondary N) is 2. The number of furan rings is 1. The minimum atomic E-state index is -0.844. The number of benzene rings is 1. The molecule has 0 saturated carbocycles. The molecule has 2 amide bonds. The first-order valence-corrected chi connectivity index (χ1v) is 6.46. The molecule has 0 saturated heterocycles. The zero-order valence-electron chi connectivity index (χ0n) is 11.5. The molecule has 0 radical (unpaired) electrons. The normalized spacial score (nSPS) is 10.5. The maximum atomic E-state index is 11.8. The molecule has 2 N–H and O–H groups in total. The van der Waals surface area contributed by atoms with Gasteiger partial charge in [0.1, 0.15) is 5.76 Å². The first-order chi connectivity index (χ1) is 10.2. The van der Waals surface area contributed by atoms with Gasteiger partial charge in [-0.3, -0.25) is 9.59 Å². The molecule has 0 aliphatic heterocycles. The molecule has 1 aromatic heterocycles. The van der Waals surface area contributed by atoms with E-state index in [2.05, 4.69) is 15.8 Å². The third kappa shape index (κ3) is 4.04. The molecule has 108 valence electrons. The number of para-hydroxylation sites is 1. The van der Waals surface area contributed by atoms with Gasteiger partial charge in [0.05, 0.1) is 12.5 Å². The fourth-order valence-electron chi connectivity index (χ4n) is 1.70. The summed E-state index contributed by atoms with van der Waals surface area (Å²) in [7, 11) is 0. The topological polar surface area (TPSA) is 83.7 Å². The highest BCUT2D eigenvalue weighted by Crippen LogP contribution is 2.14. The van der Waals surface area contributed by atoms with Crippen molar-refractivity contribution in [3.63, 3.8) is 0 Å². The second-order valence-electron chi connectivity index (χ2n) is 4.18. The smallest absolute Gasteiger partial charge is 0.329 e. The second-order valence-corrected chi connectivity index (χ2v) is 4.18. The number of amides is 2. The molecule has 1 heterocycles. The Bertz CT molecular complexity index is 648. The maximum Gasteiger partial charge on any atom is 0.329 e. The van der Waals surface area contributed by atoms with E-state index in [1.165, 1.54) is 12.5 Å². The molecule has 21 heavy (non-hydrogen) atoms. The lowest BCUT2D eigenvalue weighted by Gasteiger charge is -2.08. The Morgan fingerprint density at radius 2 is 2.00 bits per heavy atom. The van der Waals surface area contributed by atoms with Crippen molar-refractivity contribution in [1.82, 2.24) is 5.43 Å². The molecule has 0 aliphatic carbocycles. The molecule has 0 spiro atoms. The number of anilines is 1. The number of aryl methyl sites for hydroxylation is 1. The zero-order valence-corrected chi connectivity index (χ0v) is 11.5. The highest BCUT2D eigenvalue weighted by atomic mass is 16.3. The number of hydrazone groups is 1. The van der Waals surface area contributed by atoms with E-state index >= 15 is 0 Å². The monoisotopic (exact) mass is 285 g/mol. The minimum Gasteiger partial charge on any atom is -0.463 e. The van der Waals surface area contributed by atoms with Crippen LogP contribution in [0, 0.1) is 0 Å². The minimum absolute atomic E-state index is 0.479. The Morgan fingerprint density at radius 3 is 2.71 bits per heavy atom. The molecule has 0 fully saturated rings. The van der Waals surface area contributed by atoms with Gasteiger partial charge in [0, 0.05) is 5.69 Å². The quantitative estimate of drug-likeness (QED) is 0.511. The lowest BCUT2D eigenvalue weighted by molar-refractivity contribution is -0.136.